The number of carbonyl (C=O) groups is 1. The van der Waals surface area contributed by atoms with Gasteiger partial charge < -0.3 is 34.3 Å². The number of unbranched alkanes of at least 4 members (excludes halogenated alkanes) is 22. The van der Waals surface area contributed by atoms with Crippen LogP contribution >= 0.6 is 0 Å². The van der Waals surface area contributed by atoms with Gasteiger partial charge in [0.2, 0.25) is 0 Å². The van der Waals surface area contributed by atoms with E-state index in [1.165, 1.54) is 109 Å². The third-order valence-electron chi connectivity index (χ3n) is 9.89. The zero-order chi connectivity index (χ0) is 39.7. The van der Waals surface area contributed by atoms with Crippen LogP contribution in [0.3, 0.4) is 0 Å². The number of hydrogen-bond donors (Lipinski definition) is 4. The second kappa shape index (κ2) is 33.9. The van der Waals surface area contributed by atoms with Crippen molar-refractivity contribution in [3.05, 3.63) is 12.2 Å². The van der Waals surface area contributed by atoms with E-state index in [0.29, 0.717) is 13.0 Å². The van der Waals surface area contributed by atoms with Crippen LogP contribution in [0.15, 0.2) is 12.2 Å². The maximum absolute atomic E-state index is 12.8. The summed E-state index contributed by atoms with van der Waals surface area (Å²) in [7, 11) is -5.05. The number of rotatable bonds is 37. The maximum Gasteiger partial charge on any atom is 0.397 e. The summed E-state index contributed by atoms with van der Waals surface area (Å²) in [6.07, 6.45) is 25.3. The van der Waals surface area contributed by atoms with E-state index in [0.717, 1.165) is 44.9 Å². The zero-order valence-corrected chi connectivity index (χ0v) is 34.6. The Balaban J connectivity index is 2.43. The summed E-state index contributed by atoms with van der Waals surface area (Å²) < 4.78 is 58.9. The molecule has 0 aromatic heterocycles. The van der Waals surface area contributed by atoms with Crippen LogP contribution in [0.5, 0.6) is 0 Å². The van der Waals surface area contributed by atoms with Crippen LogP contribution in [0, 0.1) is 0 Å². The molecule has 1 heterocycles. The van der Waals surface area contributed by atoms with Gasteiger partial charge in [0, 0.05) is 13.0 Å². The first-order chi connectivity index (χ1) is 26.1. The molecule has 1 aliphatic rings. The summed E-state index contributed by atoms with van der Waals surface area (Å²) in [4.78, 5) is 12.8. The number of ether oxygens (including phenoxy) is 4. The van der Waals surface area contributed by atoms with E-state index in [2.05, 4.69) is 30.2 Å². The molecule has 1 fully saturated rings. The van der Waals surface area contributed by atoms with Crippen molar-refractivity contribution in [1.82, 2.24) is 0 Å². The van der Waals surface area contributed by atoms with Crippen LogP contribution in [0.4, 0.5) is 0 Å². The average Bonchev–Trinajstić information content (AvgIpc) is 3.14. The maximum atomic E-state index is 12.8. The Morgan fingerprint density at radius 1 is 0.685 bits per heavy atom. The van der Waals surface area contributed by atoms with E-state index < -0.39 is 59.8 Å². The molecular formula is C41H78O12S. The predicted octanol–water partition coefficient (Wildman–Crippen LogP) is 8.30. The molecule has 6 atom stereocenters. The quantitative estimate of drug-likeness (QED) is 0.0205. The van der Waals surface area contributed by atoms with Crippen molar-refractivity contribution in [2.45, 2.75) is 218 Å². The van der Waals surface area contributed by atoms with Crippen LogP contribution in [-0.2, 0) is 38.3 Å². The summed E-state index contributed by atoms with van der Waals surface area (Å²) in [5.74, 6) is -0.403. The van der Waals surface area contributed by atoms with Gasteiger partial charge >= 0.3 is 16.4 Å². The molecule has 4 N–H and O–H groups in total. The lowest BCUT2D eigenvalue weighted by Gasteiger charge is -2.41. The Bertz CT molecular complexity index is 1010. The van der Waals surface area contributed by atoms with Gasteiger partial charge in [-0.3, -0.25) is 9.35 Å². The molecule has 0 radical (unpaired) electrons. The van der Waals surface area contributed by atoms with Crippen molar-refractivity contribution >= 4 is 16.4 Å². The van der Waals surface area contributed by atoms with Crippen LogP contribution in [0.1, 0.15) is 181 Å². The van der Waals surface area contributed by atoms with Crippen molar-refractivity contribution in [3.63, 3.8) is 0 Å². The number of esters is 1. The topological polar surface area (TPSA) is 178 Å². The first-order valence-corrected chi connectivity index (χ1v) is 22.8. The SMILES string of the molecule is CCCCCCCC/C=C\CCCCCCCCCC(=O)OC(COCCCCCCCCCCCC)COC1OC(CO)C(O)C(OS(=O)(=O)O)C1O. The van der Waals surface area contributed by atoms with E-state index >= 15 is 0 Å². The summed E-state index contributed by atoms with van der Waals surface area (Å²) in [6, 6.07) is 0. The summed E-state index contributed by atoms with van der Waals surface area (Å²) in [6.45, 7) is 3.97. The largest absolute Gasteiger partial charge is 0.457 e. The Hall–Kier alpha value is -1.16. The minimum atomic E-state index is -5.05. The first kappa shape index (κ1) is 50.9. The molecule has 6 unspecified atom stereocenters. The van der Waals surface area contributed by atoms with Gasteiger partial charge in [-0.25, -0.2) is 4.18 Å². The highest BCUT2D eigenvalue weighted by molar-refractivity contribution is 7.80. The normalized spacial score (nSPS) is 21.2. The summed E-state index contributed by atoms with van der Waals surface area (Å²) in [5.41, 5.74) is 0. The second-order valence-corrected chi connectivity index (χ2v) is 16.0. The molecular weight excluding hydrogens is 717 g/mol. The molecule has 1 rings (SSSR count). The molecule has 12 nitrogen and oxygen atoms in total. The monoisotopic (exact) mass is 795 g/mol. The van der Waals surface area contributed by atoms with Gasteiger partial charge in [-0.2, -0.15) is 8.42 Å². The van der Waals surface area contributed by atoms with Gasteiger partial charge in [-0.15, -0.1) is 0 Å². The molecule has 0 aliphatic carbocycles. The Labute approximate surface area is 328 Å². The van der Waals surface area contributed by atoms with E-state index in [-0.39, 0.29) is 19.6 Å². The fourth-order valence-corrected chi connectivity index (χ4v) is 7.12. The van der Waals surface area contributed by atoms with Gasteiger partial charge in [0.05, 0.1) is 19.8 Å². The highest BCUT2D eigenvalue weighted by Crippen LogP contribution is 2.26. The number of hydrogen-bond acceptors (Lipinski definition) is 11. The average molecular weight is 795 g/mol. The third-order valence-corrected chi connectivity index (χ3v) is 10.4. The minimum absolute atomic E-state index is 0.0389. The smallest absolute Gasteiger partial charge is 0.397 e. The molecule has 1 aliphatic heterocycles. The fraction of sp³-hybridized carbons (Fsp3) is 0.927. The van der Waals surface area contributed by atoms with Gasteiger partial charge in [-0.05, 0) is 38.5 Å². The molecule has 0 aromatic rings. The molecule has 0 aromatic carbocycles. The van der Waals surface area contributed by atoms with Crippen molar-refractivity contribution < 1.29 is 56.2 Å². The molecule has 0 amide bonds. The molecule has 13 heteroatoms. The van der Waals surface area contributed by atoms with Gasteiger partial charge in [0.1, 0.15) is 30.5 Å². The standard InChI is InChI=1S/C41H78O12S/c1-3-5-7-9-11-13-15-16-17-18-19-20-21-22-24-26-28-30-37(43)51-35(33-49-31-29-27-25-23-14-12-10-8-6-4-2)34-50-41-39(45)40(53-54(46,47)48)38(44)36(32-42)52-41/h16-17,35-36,38-42,44-45H,3-15,18-34H2,1-2H3,(H,46,47,48)/b17-16-. The predicted molar refractivity (Wildman–Crippen MR) is 211 cm³/mol. The Morgan fingerprint density at radius 3 is 1.67 bits per heavy atom. The van der Waals surface area contributed by atoms with Gasteiger partial charge in [-0.1, -0.05) is 148 Å². The Morgan fingerprint density at radius 2 is 1.17 bits per heavy atom. The van der Waals surface area contributed by atoms with E-state index in [1.54, 1.807) is 0 Å². The fourth-order valence-electron chi connectivity index (χ4n) is 6.61. The lowest BCUT2D eigenvalue weighted by atomic mass is 9.99. The third kappa shape index (κ3) is 27.4. The van der Waals surface area contributed by atoms with E-state index in [1.807, 2.05) is 0 Å². The van der Waals surface area contributed by atoms with Crippen molar-refractivity contribution in [1.29, 1.82) is 0 Å². The van der Waals surface area contributed by atoms with Crippen LogP contribution in [0.2, 0.25) is 0 Å². The zero-order valence-electron chi connectivity index (χ0n) is 33.8. The summed E-state index contributed by atoms with van der Waals surface area (Å²) >= 11 is 0. The van der Waals surface area contributed by atoms with Gasteiger partial charge in [0.25, 0.3) is 0 Å². The highest BCUT2D eigenvalue weighted by atomic mass is 32.3. The van der Waals surface area contributed by atoms with Crippen molar-refractivity contribution in [3.8, 4) is 0 Å². The first-order valence-electron chi connectivity index (χ1n) is 21.4. The van der Waals surface area contributed by atoms with Crippen LogP contribution in [0.25, 0.3) is 0 Å². The van der Waals surface area contributed by atoms with E-state index in [4.69, 9.17) is 23.5 Å². The van der Waals surface area contributed by atoms with Crippen LogP contribution in [-0.4, -0.2) is 97.5 Å². The number of aliphatic hydroxyl groups is 3. The lowest BCUT2D eigenvalue weighted by molar-refractivity contribution is -0.301. The Kier molecular flexibility index (Phi) is 32.0. The van der Waals surface area contributed by atoms with E-state index in [9.17, 15) is 28.5 Å². The number of allylic oxidation sites excluding steroid dienone is 2. The van der Waals surface area contributed by atoms with Gasteiger partial charge in [0.15, 0.2) is 6.29 Å². The highest BCUT2D eigenvalue weighted by Gasteiger charge is 2.48. The summed E-state index contributed by atoms with van der Waals surface area (Å²) in [5, 5.41) is 30.6. The molecule has 320 valence electrons. The second-order valence-electron chi connectivity index (χ2n) is 14.9. The number of carbonyl (C=O) groups excluding carboxylic acids is 1. The molecule has 54 heavy (non-hydrogen) atoms. The molecule has 0 spiro atoms. The lowest BCUT2D eigenvalue weighted by Crippen LogP contribution is -2.60. The van der Waals surface area contributed by atoms with Crippen molar-refractivity contribution in [2.75, 3.05) is 26.4 Å². The minimum Gasteiger partial charge on any atom is -0.457 e. The van der Waals surface area contributed by atoms with Crippen molar-refractivity contribution in [2.24, 2.45) is 0 Å². The molecule has 1 saturated heterocycles. The molecule has 0 bridgehead atoms. The molecule has 0 saturated carbocycles. The number of aliphatic hydroxyl groups excluding tert-OH is 3. The van der Waals surface area contributed by atoms with Crippen LogP contribution < -0.4 is 0 Å².